The van der Waals surface area contributed by atoms with E-state index in [0.29, 0.717) is 30.2 Å². The van der Waals surface area contributed by atoms with Crippen molar-refractivity contribution in [2.75, 3.05) is 42.9 Å². The summed E-state index contributed by atoms with van der Waals surface area (Å²) in [5, 5.41) is 12.0. The molecule has 0 saturated carbocycles. The lowest BCUT2D eigenvalue weighted by atomic mass is 10.1. The number of nitriles is 1. The van der Waals surface area contributed by atoms with Gasteiger partial charge in [-0.05, 0) is 42.0 Å². The molecule has 162 valence electrons. The first-order chi connectivity index (χ1) is 15.7. The third-order valence-electron chi connectivity index (χ3n) is 5.29. The van der Waals surface area contributed by atoms with Gasteiger partial charge in [-0.25, -0.2) is 4.98 Å². The number of nitrogens with zero attached hydrogens (tertiary/aromatic N) is 4. The van der Waals surface area contributed by atoms with Crippen molar-refractivity contribution < 1.29 is 9.53 Å². The van der Waals surface area contributed by atoms with Gasteiger partial charge in [-0.3, -0.25) is 9.69 Å². The highest BCUT2D eigenvalue weighted by Crippen LogP contribution is 2.19. The molecule has 1 fully saturated rings. The molecule has 2 aromatic carbocycles. The molecule has 7 nitrogen and oxygen atoms in total. The number of hydrogen-bond donors (Lipinski definition) is 1. The maximum absolute atomic E-state index is 12.5. The van der Waals surface area contributed by atoms with Crippen LogP contribution in [0.5, 0.6) is 5.75 Å². The Morgan fingerprint density at radius 3 is 2.66 bits per heavy atom. The van der Waals surface area contributed by atoms with E-state index in [4.69, 9.17) is 10.00 Å². The maximum Gasteiger partial charge on any atom is 0.238 e. The number of anilines is 2. The van der Waals surface area contributed by atoms with Gasteiger partial charge in [0.05, 0.1) is 18.2 Å². The van der Waals surface area contributed by atoms with Crippen molar-refractivity contribution in [1.82, 2.24) is 9.88 Å². The molecule has 1 aromatic heterocycles. The number of piperazine rings is 1. The van der Waals surface area contributed by atoms with E-state index in [1.165, 1.54) is 0 Å². The molecule has 7 heteroatoms. The molecule has 1 aliphatic heterocycles. The lowest BCUT2D eigenvalue weighted by Crippen LogP contribution is -2.48. The molecule has 2 heterocycles. The minimum Gasteiger partial charge on any atom is -0.489 e. The number of benzene rings is 2. The molecule has 4 rings (SSSR count). The van der Waals surface area contributed by atoms with Crippen LogP contribution in [-0.4, -0.2) is 48.5 Å². The first kappa shape index (κ1) is 21.3. The second-order valence-corrected chi connectivity index (χ2v) is 7.63. The maximum atomic E-state index is 12.5. The molecule has 0 aliphatic carbocycles. The van der Waals surface area contributed by atoms with Crippen LogP contribution in [0.1, 0.15) is 11.1 Å². The Balaban J connectivity index is 1.25. The molecular weight excluding hydrogens is 402 g/mol. The molecule has 3 aromatic rings. The van der Waals surface area contributed by atoms with Crippen molar-refractivity contribution in [3.8, 4) is 11.8 Å². The quantitative estimate of drug-likeness (QED) is 0.623. The minimum absolute atomic E-state index is 0.0462. The summed E-state index contributed by atoms with van der Waals surface area (Å²) < 4.78 is 5.84. The van der Waals surface area contributed by atoms with Gasteiger partial charge in [0.25, 0.3) is 0 Å². The molecule has 1 aliphatic rings. The van der Waals surface area contributed by atoms with E-state index >= 15 is 0 Å². The fourth-order valence-corrected chi connectivity index (χ4v) is 3.64. The number of pyridine rings is 1. The zero-order chi connectivity index (χ0) is 22.2. The van der Waals surface area contributed by atoms with Crippen molar-refractivity contribution in [3.63, 3.8) is 0 Å². The molecule has 0 unspecified atom stereocenters. The van der Waals surface area contributed by atoms with Crippen molar-refractivity contribution >= 4 is 17.4 Å². The molecule has 0 bridgehead atoms. The molecule has 1 N–H and O–H groups in total. The van der Waals surface area contributed by atoms with Crippen molar-refractivity contribution in [3.05, 3.63) is 84.1 Å². The first-order valence-corrected chi connectivity index (χ1v) is 10.6. The van der Waals surface area contributed by atoms with E-state index in [1.54, 1.807) is 18.3 Å². The number of ether oxygens (including phenoxy) is 1. The van der Waals surface area contributed by atoms with E-state index < -0.39 is 0 Å². The van der Waals surface area contributed by atoms with Crippen molar-refractivity contribution in [2.24, 2.45) is 0 Å². The third kappa shape index (κ3) is 5.84. The highest BCUT2D eigenvalue weighted by Gasteiger charge is 2.19. The van der Waals surface area contributed by atoms with Crippen molar-refractivity contribution in [2.45, 2.75) is 6.61 Å². The van der Waals surface area contributed by atoms with E-state index in [1.807, 2.05) is 54.6 Å². The summed E-state index contributed by atoms with van der Waals surface area (Å²) in [6.07, 6.45) is 1.80. The summed E-state index contributed by atoms with van der Waals surface area (Å²) in [6, 6.07) is 22.7. The van der Waals surface area contributed by atoms with Crippen LogP contribution in [0.3, 0.4) is 0 Å². The van der Waals surface area contributed by atoms with Gasteiger partial charge < -0.3 is 15.0 Å². The van der Waals surface area contributed by atoms with E-state index in [-0.39, 0.29) is 5.91 Å². The normalized spacial score (nSPS) is 13.9. The van der Waals surface area contributed by atoms with Crippen molar-refractivity contribution in [1.29, 1.82) is 5.26 Å². The second-order valence-electron chi connectivity index (χ2n) is 7.63. The first-order valence-electron chi connectivity index (χ1n) is 10.6. The van der Waals surface area contributed by atoms with Gasteiger partial charge in [0.15, 0.2) is 0 Å². The predicted molar refractivity (Wildman–Crippen MR) is 123 cm³/mol. The number of amides is 1. The standard InChI is InChI=1S/C25H25N5O2/c26-17-20-5-3-6-21(15-20)19-32-23-8-4-7-22(16-23)28-25(31)18-29-11-13-30(14-12-29)24-9-1-2-10-27-24/h1-10,15-16H,11-14,18-19H2,(H,28,31). The molecule has 0 radical (unpaired) electrons. The van der Waals surface area contributed by atoms with Crippen LogP contribution < -0.4 is 15.0 Å². The molecule has 0 spiro atoms. The number of carbonyl (C=O) groups excluding carboxylic acids is 1. The Bertz CT molecular complexity index is 1090. The topological polar surface area (TPSA) is 81.5 Å². The Kier molecular flexibility index (Phi) is 6.95. The van der Waals surface area contributed by atoms with Crippen LogP contribution in [0.2, 0.25) is 0 Å². The predicted octanol–water partition coefficient (Wildman–Crippen LogP) is 3.29. The SMILES string of the molecule is N#Cc1cccc(COc2cccc(NC(=O)CN3CCN(c4ccccn4)CC3)c2)c1. The van der Waals surface area contributed by atoms with Gasteiger partial charge in [-0.2, -0.15) is 5.26 Å². The van der Waals surface area contributed by atoms with Crippen LogP contribution in [0.4, 0.5) is 11.5 Å². The van der Waals surface area contributed by atoms with Crippen LogP contribution in [-0.2, 0) is 11.4 Å². The summed E-state index contributed by atoms with van der Waals surface area (Å²) in [5.74, 6) is 1.59. The van der Waals surface area contributed by atoms with Crippen LogP contribution in [0.25, 0.3) is 0 Å². The fourth-order valence-electron chi connectivity index (χ4n) is 3.64. The number of nitrogens with one attached hydrogen (secondary N) is 1. The van der Waals surface area contributed by atoms with Gasteiger partial charge in [-0.1, -0.05) is 24.3 Å². The van der Waals surface area contributed by atoms with Crippen LogP contribution in [0, 0.1) is 11.3 Å². The lowest BCUT2D eigenvalue weighted by molar-refractivity contribution is -0.117. The molecule has 1 amide bonds. The van der Waals surface area contributed by atoms with E-state index in [0.717, 1.165) is 37.6 Å². The molecule has 0 atom stereocenters. The average Bonchev–Trinajstić information content (AvgIpc) is 2.84. The monoisotopic (exact) mass is 427 g/mol. The number of aromatic nitrogens is 1. The summed E-state index contributed by atoms with van der Waals surface area (Å²) in [5.41, 5.74) is 2.22. The van der Waals surface area contributed by atoms with E-state index in [2.05, 4.69) is 26.2 Å². The Morgan fingerprint density at radius 1 is 1.03 bits per heavy atom. The minimum atomic E-state index is -0.0462. The van der Waals surface area contributed by atoms with Gasteiger partial charge in [0, 0.05) is 44.1 Å². The number of rotatable bonds is 7. The smallest absolute Gasteiger partial charge is 0.238 e. The average molecular weight is 428 g/mol. The molecule has 1 saturated heterocycles. The Hall–Kier alpha value is -3.89. The van der Waals surface area contributed by atoms with E-state index in [9.17, 15) is 4.79 Å². The van der Waals surface area contributed by atoms with Crippen LogP contribution >= 0.6 is 0 Å². The van der Waals surface area contributed by atoms with Gasteiger partial charge in [0.2, 0.25) is 5.91 Å². The number of carbonyl (C=O) groups is 1. The summed E-state index contributed by atoms with van der Waals surface area (Å²) in [6.45, 7) is 4.03. The molecular formula is C25H25N5O2. The van der Waals surface area contributed by atoms with Gasteiger partial charge in [-0.15, -0.1) is 0 Å². The largest absolute Gasteiger partial charge is 0.489 e. The third-order valence-corrected chi connectivity index (χ3v) is 5.29. The number of hydrogen-bond acceptors (Lipinski definition) is 6. The van der Waals surface area contributed by atoms with Gasteiger partial charge in [0.1, 0.15) is 18.2 Å². The highest BCUT2D eigenvalue weighted by molar-refractivity contribution is 5.92. The zero-order valence-corrected chi connectivity index (χ0v) is 17.8. The van der Waals surface area contributed by atoms with Gasteiger partial charge >= 0.3 is 0 Å². The Morgan fingerprint density at radius 2 is 1.88 bits per heavy atom. The zero-order valence-electron chi connectivity index (χ0n) is 17.8. The second kappa shape index (κ2) is 10.4. The summed E-state index contributed by atoms with van der Waals surface area (Å²) in [7, 11) is 0. The summed E-state index contributed by atoms with van der Waals surface area (Å²) in [4.78, 5) is 21.3. The molecule has 32 heavy (non-hydrogen) atoms. The lowest BCUT2D eigenvalue weighted by Gasteiger charge is -2.34. The van der Waals surface area contributed by atoms with Crippen LogP contribution in [0.15, 0.2) is 72.9 Å². The Labute approximate surface area is 187 Å². The highest BCUT2D eigenvalue weighted by atomic mass is 16.5. The fraction of sp³-hybridized carbons (Fsp3) is 0.240. The summed E-state index contributed by atoms with van der Waals surface area (Å²) >= 11 is 0.